The fourth-order valence-corrected chi connectivity index (χ4v) is 2.21. The topological polar surface area (TPSA) is 9.23 Å². The van der Waals surface area contributed by atoms with E-state index in [0.29, 0.717) is 6.61 Å². The van der Waals surface area contributed by atoms with Gasteiger partial charge in [0.25, 0.3) is 0 Å². The Morgan fingerprint density at radius 1 is 1.00 bits per heavy atom. The first-order valence-corrected chi connectivity index (χ1v) is 6.38. The van der Waals surface area contributed by atoms with E-state index in [9.17, 15) is 0 Å². The summed E-state index contributed by atoms with van der Waals surface area (Å²) >= 11 is 0. The van der Waals surface area contributed by atoms with Gasteiger partial charge in [0.2, 0.25) is 0 Å². The second kappa shape index (κ2) is 5.09. The Balaban J connectivity index is 1.74. The van der Waals surface area contributed by atoms with E-state index in [4.69, 9.17) is 4.74 Å². The molecule has 0 spiro atoms. The van der Waals surface area contributed by atoms with Gasteiger partial charge in [0, 0.05) is 0 Å². The Bertz CT molecular complexity index is 608. The molecule has 0 radical (unpaired) electrons. The van der Waals surface area contributed by atoms with E-state index in [1.54, 1.807) is 0 Å². The summed E-state index contributed by atoms with van der Waals surface area (Å²) in [5.74, 6) is 0.948. The van der Waals surface area contributed by atoms with Crippen molar-refractivity contribution >= 4 is 10.8 Å². The molecule has 0 aliphatic heterocycles. The van der Waals surface area contributed by atoms with Crippen molar-refractivity contribution in [2.75, 3.05) is 6.61 Å². The number of fused-ring (bicyclic) bond motifs is 1. The lowest BCUT2D eigenvalue weighted by Crippen LogP contribution is -2.02. The summed E-state index contributed by atoms with van der Waals surface area (Å²) in [4.78, 5) is 0. The molecular weight excluding hydrogens is 220 g/mol. The van der Waals surface area contributed by atoms with Crippen molar-refractivity contribution in [3.05, 3.63) is 66.3 Å². The van der Waals surface area contributed by atoms with Crippen LogP contribution in [-0.2, 0) is 0 Å². The molecule has 90 valence electrons. The van der Waals surface area contributed by atoms with E-state index < -0.39 is 0 Å². The number of allylic oxidation sites excluding steroid dienone is 3. The SMILES string of the molecule is C1=CCCC(COc2ccc3ccccc3c2)=C1. The fourth-order valence-electron chi connectivity index (χ4n) is 2.21. The molecule has 0 saturated carbocycles. The Labute approximate surface area is 107 Å². The Morgan fingerprint density at radius 3 is 2.72 bits per heavy atom. The molecule has 0 saturated heterocycles. The number of rotatable bonds is 3. The molecule has 0 atom stereocenters. The highest BCUT2D eigenvalue weighted by molar-refractivity contribution is 5.83. The normalized spacial score (nSPS) is 14.6. The van der Waals surface area contributed by atoms with Gasteiger partial charge in [-0.3, -0.25) is 0 Å². The summed E-state index contributed by atoms with van der Waals surface area (Å²) in [6, 6.07) is 14.6. The minimum absolute atomic E-state index is 0.697. The number of benzene rings is 2. The van der Waals surface area contributed by atoms with Gasteiger partial charge in [0.1, 0.15) is 12.4 Å². The zero-order chi connectivity index (χ0) is 12.2. The van der Waals surface area contributed by atoms with Crippen LogP contribution in [0.4, 0.5) is 0 Å². The highest BCUT2D eigenvalue weighted by atomic mass is 16.5. The molecule has 0 bridgehead atoms. The van der Waals surface area contributed by atoms with E-state index >= 15 is 0 Å². The molecule has 0 aromatic heterocycles. The van der Waals surface area contributed by atoms with Crippen molar-refractivity contribution in [3.63, 3.8) is 0 Å². The number of hydrogen-bond acceptors (Lipinski definition) is 1. The Morgan fingerprint density at radius 2 is 1.89 bits per heavy atom. The third-order valence-electron chi connectivity index (χ3n) is 3.25. The lowest BCUT2D eigenvalue weighted by molar-refractivity contribution is 0.347. The largest absolute Gasteiger partial charge is 0.489 e. The lowest BCUT2D eigenvalue weighted by atomic mass is 10.1. The van der Waals surface area contributed by atoms with Crippen LogP contribution >= 0.6 is 0 Å². The maximum atomic E-state index is 5.85. The van der Waals surface area contributed by atoms with Crippen LogP contribution in [0.15, 0.2) is 66.3 Å². The van der Waals surface area contributed by atoms with Crippen LogP contribution < -0.4 is 4.74 Å². The first kappa shape index (κ1) is 11.1. The van der Waals surface area contributed by atoms with Crippen molar-refractivity contribution in [3.8, 4) is 5.75 Å². The van der Waals surface area contributed by atoms with Gasteiger partial charge in [-0.05, 0) is 41.3 Å². The zero-order valence-electron chi connectivity index (χ0n) is 10.3. The molecule has 2 aromatic carbocycles. The van der Waals surface area contributed by atoms with Crippen molar-refractivity contribution in [2.24, 2.45) is 0 Å². The van der Waals surface area contributed by atoms with E-state index in [1.807, 2.05) is 6.07 Å². The predicted octanol–water partition coefficient (Wildman–Crippen LogP) is 4.50. The van der Waals surface area contributed by atoms with Crippen molar-refractivity contribution in [1.29, 1.82) is 0 Å². The monoisotopic (exact) mass is 236 g/mol. The third kappa shape index (κ3) is 2.45. The van der Waals surface area contributed by atoms with E-state index in [-0.39, 0.29) is 0 Å². The highest BCUT2D eigenvalue weighted by Gasteiger charge is 2.02. The second-order valence-electron chi connectivity index (χ2n) is 4.59. The molecule has 1 heteroatoms. The Hall–Kier alpha value is -2.02. The van der Waals surface area contributed by atoms with Gasteiger partial charge in [-0.2, -0.15) is 0 Å². The van der Waals surface area contributed by atoms with Crippen LogP contribution in [0.1, 0.15) is 12.8 Å². The smallest absolute Gasteiger partial charge is 0.120 e. The predicted molar refractivity (Wildman–Crippen MR) is 75.9 cm³/mol. The van der Waals surface area contributed by atoms with Gasteiger partial charge in [-0.1, -0.05) is 48.6 Å². The molecule has 0 fully saturated rings. The molecule has 0 heterocycles. The van der Waals surface area contributed by atoms with Crippen LogP contribution in [0.3, 0.4) is 0 Å². The highest BCUT2D eigenvalue weighted by Crippen LogP contribution is 2.21. The quantitative estimate of drug-likeness (QED) is 0.762. The van der Waals surface area contributed by atoms with Gasteiger partial charge < -0.3 is 4.74 Å². The maximum Gasteiger partial charge on any atom is 0.120 e. The molecule has 1 aliphatic carbocycles. The molecule has 0 N–H and O–H groups in total. The minimum atomic E-state index is 0.697. The standard InChI is InChI=1S/C17H16O/c1-2-6-14(7-3-1)13-18-17-11-10-15-8-4-5-9-16(15)12-17/h1-2,4-6,8-12H,3,7,13H2. The van der Waals surface area contributed by atoms with Gasteiger partial charge in [-0.15, -0.1) is 0 Å². The molecule has 0 unspecified atom stereocenters. The third-order valence-corrected chi connectivity index (χ3v) is 3.25. The van der Waals surface area contributed by atoms with Crippen LogP contribution in [0.25, 0.3) is 10.8 Å². The van der Waals surface area contributed by atoms with Crippen LogP contribution in [-0.4, -0.2) is 6.61 Å². The van der Waals surface area contributed by atoms with Crippen LogP contribution in [0, 0.1) is 0 Å². The summed E-state index contributed by atoms with van der Waals surface area (Å²) in [5, 5.41) is 2.48. The van der Waals surface area contributed by atoms with Crippen LogP contribution in [0.2, 0.25) is 0 Å². The summed E-state index contributed by atoms with van der Waals surface area (Å²) in [5.41, 5.74) is 1.37. The average molecular weight is 236 g/mol. The molecule has 3 rings (SSSR count). The molecular formula is C17H16O. The molecule has 2 aromatic rings. The van der Waals surface area contributed by atoms with Crippen molar-refractivity contribution < 1.29 is 4.74 Å². The minimum Gasteiger partial charge on any atom is -0.489 e. The summed E-state index contributed by atoms with van der Waals surface area (Å²) in [6.07, 6.45) is 8.71. The van der Waals surface area contributed by atoms with Crippen molar-refractivity contribution in [2.45, 2.75) is 12.8 Å². The first-order chi connectivity index (χ1) is 8.92. The number of ether oxygens (including phenoxy) is 1. The van der Waals surface area contributed by atoms with Gasteiger partial charge in [-0.25, -0.2) is 0 Å². The van der Waals surface area contributed by atoms with E-state index in [2.05, 4.69) is 54.6 Å². The molecule has 1 nitrogen and oxygen atoms in total. The number of hydrogen-bond donors (Lipinski definition) is 0. The van der Waals surface area contributed by atoms with Gasteiger partial charge in [0.15, 0.2) is 0 Å². The maximum absolute atomic E-state index is 5.85. The van der Waals surface area contributed by atoms with Crippen molar-refractivity contribution in [1.82, 2.24) is 0 Å². The fraction of sp³-hybridized carbons (Fsp3) is 0.176. The van der Waals surface area contributed by atoms with E-state index in [1.165, 1.54) is 16.3 Å². The summed E-state index contributed by atoms with van der Waals surface area (Å²) in [7, 11) is 0. The Kier molecular flexibility index (Phi) is 3.14. The van der Waals surface area contributed by atoms with Gasteiger partial charge >= 0.3 is 0 Å². The summed E-state index contributed by atoms with van der Waals surface area (Å²) in [6.45, 7) is 0.697. The molecule has 0 amide bonds. The lowest BCUT2D eigenvalue weighted by Gasteiger charge is -2.11. The molecule has 18 heavy (non-hydrogen) atoms. The summed E-state index contributed by atoms with van der Waals surface area (Å²) < 4.78 is 5.85. The van der Waals surface area contributed by atoms with Gasteiger partial charge in [0.05, 0.1) is 0 Å². The average Bonchev–Trinajstić information content (AvgIpc) is 2.46. The van der Waals surface area contributed by atoms with E-state index in [0.717, 1.165) is 18.6 Å². The second-order valence-corrected chi connectivity index (χ2v) is 4.59. The first-order valence-electron chi connectivity index (χ1n) is 6.38. The van der Waals surface area contributed by atoms with Crippen LogP contribution in [0.5, 0.6) is 5.75 Å². The zero-order valence-corrected chi connectivity index (χ0v) is 10.3. The molecule has 1 aliphatic rings.